The first-order valence-electron chi connectivity index (χ1n) is 9.58. The molecule has 3 rings (SSSR count). The van der Waals surface area contributed by atoms with E-state index in [1.54, 1.807) is 11.0 Å². The first kappa shape index (κ1) is 21.3. The van der Waals surface area contributed by atoms with Crippen molar-refractivity contribution >= 4 is 30.3 Å². The lowest BCUT2D eigenvalue weighted by Crippen LogP contribution is -2.41. The molecule has 8 heteroatoms. The number of carbonyl (C=O) groups is 1. The lowest BCUT2D eigenvalue weighted by Gasteiger charge is -2.32. The van der Waals surface area contributed by atoms with E-state index in [0.717, 1.165) is 11.0 Å². The van der Waals surface area contributed by atoms with Crippen LogP contribution in [0.15, 0.2) is 12.1 Å². The predicted octanol–water partition coefficient (Wildman–Crippen LogP) is 3.77. The molecule has 0 N–H and O–H groups in total. The van der Waals surface area contributed by atoms with Gasteiger partial charge in [0, 0.05) is 11.6 Å². The number of ether oxygens (including phenoxy) is 2. The Labute approximate surface area is 172 Å². The lowest BCUT2D eigenvalue weighted by atomic mass is 9.75. The molecular weight excluding hydrogens is 380 g/mol. The first-order chi connectivity index (χ1) is 12.8. The molecule has 28 heavy (non-hydrogen) atoms. The van der Waals surface area contributed by atoms with Crippen LogP contribution in [-0.2, 0) is 20.5 Å². The molecule has 0 aliphatic carbocycles. The number of carbonyl (C=O) groups excluding carboxylic acids is 1. The molecule has 0 bridgehead atoms. The molecular formula is C20H29BClNO5. The summed E-state index contributed by atoms with van der Waals surface area (Å²) >= 11 is 6.35. The van der Waals surface area contributed by atoms with Crippen molar-refractivity contribution in [2.45, 2.75) is 71.7 Å². The number of fused-ring (bicyclic) bond motifs is 1. The van der Waals surface area contributed by atoms with Gasteiger partial charge in [0.1, 0.15) is 11.4 Å². The van der Waals surface area contributed by atoms with Gasteiger partial charge in [-0.15, -0.1) is 0 Å². The lowest BCUT2D eigenvalue weighted by molar-refractivity contribution is 0.00578. The van der Waals surface area contributed by atoms with Crippen molar-refractivity contribution in [2.24, 2.45) is 0 Å². The van der Waals surface area contributed by atoms with Crippen LogP contribution < -0.4 is 10.2 Å². The van der Waals surface area contributed by atoms with Crippen LogP contribution >= 0.6 is 11.6 Å². The van der Waals surface area contributed by atoms with Crippen LogP contribution in [0.5, 0.6) is 5.75 Å². The molecule has 0 unspecified atom stereocenters. The van der Waals surface area contributed by atoms with Gasteiger partial charge in [-0.25, -0.2) is 4.79 Å². The second kappa shape index (κ2) is 7.11. The highest BCUT2D eigenvalue weighted by Crippen LogP contribution is 2.38. The van der Waals surface area contributed by atoms with Gasteiger partial charge in [0.05, 0.1) is 11.2 Å². The first-order valence-corrected chi connectivity index (χ1v) is 9.95. The molecule has 0 radical (unpaired) electrons. The van der Waals surface area contributed by atoms with Gasteiger partial charge in [0.2, 0.25) is 0 Å². The Bertz CT molecular complexity index is 759. The van der Waals surface area contributed by atoms with Gasteiger partial charge in [0.25, 0.3) is 0 Å². The summed E-state index contributed by atoms with van der Waals surface area (Å²) in [4.78, 5) is 14.0. The van der Waals surface area contributed by atoms with Crippen LogP contribution in [-0.4, -0.2) is 48.2 Å². The summed E-state index contributed by atoms with van der Waals surface area (Å²) in [6.07, 6.45) is 0.189. The fraction of sp³-hybridized carbons (Fsp3) is 0.650. The third-order valence-electron chi connectivity index (χ3n) is 5.37. The SMILES string of the molecule is CC(C)(C)OC(=O)N1CCc2c(cc(Cl)cc2B2OC(C)(C)C(C)(C)O2)OC1. The number of hydrogen-bond donors (Lipinski definition) is 0. The quantitative estimate of drug-likeness (QED) is 0.661. The zero-order valence-electron chi connectivity index (χ0n) is 17.7. The topological polar surface area (TPSA) is 57.2 Å². The number of rotatable bonds is 1. The fourth-order valence-corrected chi connectivity index (χ4v) is 3.35. The minimum Gasteiger partial charge on any atom is -0.473 e. The van der Waals surface area contributed by atoms with E-state index >= 15 is 0 Å². The summed E-state index contributed by atoms with van der Waals surface area (Å²) in [5.41, 5.74) is 0.302. The van der Waals surface area contributed by atoms with E-state index in [9.17, 15) is 4.79 Å². The molecule has 0 saturated carbocycles. The molecule has 0 aromatic heterocycles. The Morgan fingerprint density at radius 3 is 2.36 bits per heavy atom. The van der Waals surface area contributed by atoms with Gasteiger partial charge in [-0.05, 0) is 78.0 Å². The maximum absolute atomic E-state index is 12.4. The van der Waals surface area contributed by atoms with E-state index < -0.39 is 30.0 Å². The largest absolute Gasteiger partial charge is 0.495 e. The van der Waals surface area contributed by atoms with Crippen molar-refractivity contribution in [3.05, 3.63) is 22.7 Å². The van der Waals surface area contributed by atoms with Gasteiger partial charge < -0.3 is 18.8 Å². The molecule has 154 valence electrons. The Morgan fingerprint density at radius 2 is 1.79 bits per heavy atom. The van der Waals surface area contributed by atoms with E-state index in [1.165, 1.54) is 0 Å². The zero-order valence-corrected chi connectivity index (χ0v) is 18.5. The molecule has 1 aromatic rings. The molecule has 1 aromatic carbocycles. The highest BCUT2D eigenvalue weighted by molar-refractivity contribution is 6.63. The van der Waals surface area contributed by atoms with Gasteiger partial charge in [-0.2, -0.15) is 0 Å². The molecule has 1 fully saturated rings. The molecule has 2 aliphatic rings. The van der Waals surface area contributed by atoms with E-state index in [4.69, 9.17) is 30.4 Å². The average Bonchev–Trinajstić information content (AvgIpc) is 2.68. The summed E-state index contributed by atoms with van der Waals surface area (Å²) in [6.45, 7) is 14.1. The minimum atomic E-state index is -0.562. The molecule has 2 heterocycles. The maximum atomic E-state index is 12.4. The minimum absolute atomic E-state index is 0.102. The second-order valence-electron chi connectivity index (χ2n) is 9.33. The van der Waals surface area contributed by atoms with Crippen LogP contribution in [0, 0.1) is 0 Å². The van der Waals surface area contributed by atoms with Crippen molar-refractivity contribution < 1.29 is 23.6 Å². The summed E-state index contributed by atoms with van der Waals surface area (Å²) in [6, 6.07) is 3.62. The van der Waals surface area contributed by atoms with E-state index in [2.05, 4.69) is 0 Å². The summed E-state index contributed by atoms with van der Waals surface area (Å²) < 4.78 is 23.8. The highest BCUT2D eigenvalue weighted by atomic mass is 35.5. The Hall–Kier alpha value is -1.44. The van der Waals surface area contributed by atoms with Gasteiger partial charge >= 0.3 is 13.2 Å². The third kappa shape index (κ3) is 4.26. The number of amides is 1. The Morgan fingerprint density at radius 1 is 1.18 bits per heavy atom. The van der Waals surface area contributed by atoms with E-state index in [1.807, 2.05) is 54.5 Å². The second-order valence-corrected chi connectivity index (χ2v) is 9.76. The fourth-order valence-electron chi connectivity index (χ4n) is 3.14. The molecule has 0 atom stereocenters. The van der Waals surface area contributed by atoms with E-state index in [-0.39, 0.29) is 6.73 Å². The summed E-state index contributed by atoms with van der Waals surface area (Å²) in [5.74, 6) is 0.642. The van der Waals surface area contributed by atoms with Crippen LogP contribution in [0.3, 0.4) is 0 Å². The summed E-state index contributed by atoms with van der Waals surface area (Å²) in [7, 11) is -0.547. The number of benzene rings is 1. The smallest absolute Gasteiger partial charge is 0.473 e. The maximum Gasteiger partial charge on any atom is 0.495 e. The van der Waals surface area contributed by atoms with Crippen molar-refractivity contribution in [2.75, 3.05) is 13.3 Å². The van der Waals surface area contributed by atoms with Crippen LogP contribution in [0.25, 0.3) is 0 Å². The predicted molar refractivity (Wildman–Crippen MR) is 109 cm³/mol. The Balaban J connectivity index is 1.86. The number of halogens is 1. The number of hydrogen-bond acceptors (Lipinski definition) is 5. The van der Waals surface area contributed by atoms with Gasteiger partial charge in [0.15, 0.2) is 6.73 Å². The molecule has 1 saturated heterocycles. The molecule has 6 nitrogen and oxygen atoms in total. The van der Waals surface area contributed by atoms with Gasteiger partial charge in [-0.3, -0.25) is 4.90 Å². The number of nitrogens with zero attached hydrogens (tertiary/aromatic N) is 1. The van der Waals surface area contributed by atoms with Crippen LogP contribution in [0.4, 0.5) is 4.79 Å². The van der Waals surface area contributed by atoms with E-state index in [0.29, 0.717) is 23.7 Å². The van der Waals surface area contributed by atoms with Crippen LogP contribution in [0.1, 0.15) is 54.0 Å². The Kier molecular flexibility index (Phi) is 5.41. The van der Waals surface area contributed by atoms with Crippen molar-refractivity contribution in [1.29, 1.82) is 0 Å². The zero-order chi connectivity index (χ0) is 20.9. The molecule has 1 amide bonds. The van der Waals surface area contributed by atoms with Crippen molar-refractivity contribution in [3.8, 4) is 5.75 Å². The van der Waals surface area contributed by atoms with Gasteiger partial charge in [-0.1, -0.05) is 11.6 Å². The molecule has 0 spiro atoms. The average molecular weight is 410 g/mol. The summed E-state index contributed by atoms with van der Waals surface area (Å²) in [5, 5.41) is 0.536. The van der Waals surface area contributed by atoms with Crippen LogP contribution in [0.2, 0.25) is 5.02 Å². The molecule has 2 aliphatic heterocycles. The van der Waals surface area contributed by atoms with Crippen molar-refractivity contribution in [3.63, 3.8) is 0 Å². The third-order valence-corrected chi connectivity index (χ3v) is 5.59. The monoisotopic (exact) mass is 409 g/mol. The normalized spacial score (nSPS) is 21.0. The standard InChI is InChI=1S/C20H29BClNO5/c1-18(2,3)26-17(24)23-9-8-14-15(10-13(22)11-16(14)25-12-23)21-27-19(4,5)20(6,7)28-21/h10-11H,8-9,12H2,1-7H3. The highest BCUT2D eigenvalue weighted by Gasteiger charge is 2.52. The van der Waals surface area contributed by atoms with Crippen molar-refractivity contribution in [1.82, 2.24) is 4.90 Å².